The van der Waals surface area contributed by atoms with Crippen LogP contribution in [0.5, 0.6) is 5.75 Å². The number of amides is 1. The van der Waals surface area contributed by atoms with E-state index in [1.54, 1.807) is 23.3 Å². The van der Waals surface area contributed by atoms with E-state index in [0.717, 1.165) is 16.2 Å². The maximum absolute atomic E-state index is 12.4. The molecule has 2 heterocycles. The molecule has 0 spiro atoms. The molecule has 0 bridgehead atoms. The molecule has 0 unspecified atom stereocenters. The number of hydrogen-bond donors (Lipinski definition) is 0. The predicted molar refractivity (Wildman–Crippen MR) is 103 cm³/mol. The summed E-state index contributed by atoms with van der Waals surface area (Å²) in [6.45, 7) is 4.83. The molecule has 0 saturated heterocycles. The van der Waals surface area contributed by atoms with E-state index in [1.807, 2.05) is 55.6 Å². The number of likely N-dealkylation sites (N-methyl/N-ethyl adjacent to an activating group) is 1. The van der Waals surface area contributed by atoms with Crippen LogP contribution in [0, 0.1) is 13.8 Å². The first-order valence-corrected chi connectivity index (χ1v) is 9.34. The molecule has 6 heteroatoms. The highest BCUT2D eigenvalue weighted by Crippen LogP contribution is 2.26. The summed E-state index contributed by atoms with van der Waals surface area (Å²) in [7, 11) is 1.78. The zero-order chi connectivity index (χ0) is 18.5. The third-order valence-corrected chi connectivity index (χ3v) is 4.91. The number of thiophene rings is 1. The van der Waals surface area contributed by atoms with Crippen molar-refractivity contribution in [2.24, 2.45) is 0 Å². The molecule has 3 aromatic rings. The Bertz CT molecular complexity index is 871. The first kappa shape index (κ1) is 18.2. The summed E-state index contributed by atoms with van der Waals surface area (Å²) in [6.07, 6.45) is 0.224. The molecular formula is C20H22N2O3S. The van der Waals surface area contributed by atoms with Crippen LogP contribution in [0.1, 0.15) is 17.0 Å². The molecule has 2 aromatic heterocycles. The van der Waals surface area contributed by atoms with Crippen LogP contribution in [0.2, 0.25) is 0 Å². The third kappa shape index (κ3) is 4.52. The predicted octanol–water partition coefficient (Wildman–Crippen LogP) is 4.10. The molecule has 0 fully saturated rings. The standard InChI is InChI=1S/C20H22N2O3S/c1-14-6-4-7-16(12-14)24-10-9-22(3)19(23)13-17-15(2)25-20(21-17)18-8-5-11-26-18/h4-8,11-12H,9-10,13H2,1-3H3. The fraction of sp³-hybridized carbons (Fsp3) is 0.300. The largest absolute Gasteiger partial charge is 0.492 e. The van der Waals surface area contributed by atoms with Crippen LogP contribution in [-0.2, 0) is 11.2 Å². The van der Waals surface area contributed by atoms with Gasteiger partial charge in [0.1, 0.15) is 18.1 Å². The summed E-state index contributed by atoms with van der Waals surface area (Å²) >= 11 is 1.57. The molecule has 3 rings (SSSR count). The van der Waals surface area contributed by atoms with E-state index < -0.39 is 0 Å². The van der Waals surface area contributed by atoms with Crippen LogP contribution < -0.4 is 4.74 Å². The smallest absolute Gasteiger partial charge is 0.236 e. The van der Waals surface area contributed by atoms with Crippen LogP contribution in [0.3, 0.4) is 0 Å². The van der Waals surface area contributed by atoms with E-state index >= 15 is 0 Å². The number of ether oxygens (including phenoxy) is 1. The van der Waals surface area contributed by atoms with Gasteiger partial charge in [0.05, 0.1) is 23.5 Å². The minimum absolute atomic E-state index is 0.00743. The quantitative estimate of drug-likeness (QED) is 0.628. The van der Waals surface area contributed by atoms with Gasteiger partial charge in [0.2, 0.25) is 11.8 Å². The molecule has 0 aliphatic heterocycles. The number of rotatable bonds is 7. The van der Waals surface area contributed by atoms with Crippen molar-refractivity contribution in [3.8, 4) is 16.5 Å². The van der Waals surface area contributed by atoms with Gasteiger partial charge in [-0.1, -0.05) is 18.2 Å². The highest BCUT2D eigenvalue weighted by atomic mass is 32.1. The van der Waals surface area contributed by atoms with Gasteiger partial charge in [-0.25, -0.2) is 4.98 Å². The van der Waals surface area contributed by atoms with Crippen molar-refractivity contribution < 1.29 is 13.9 Å². The summed E-state index contributed by atoms with van der Waals surface area (Å²) < 4.78 is 11.4. The maximum atomic E-state index is 12.4. The Hall–Kier alpha value is -2.60. The van der Waals surface area contributed by atoms with Crippen LogP contribution in [0.15, 0.2) is 46.2 Å². The Morgan fingerprint density at radius 1 is 1.27 bits per heavy atom. The highest BCUT2D eigenvalue weighted by Gasteiger charge is 2.17. The zero-order valence-corrected chi connectivity index (χ0v) is 16.0. The fourth-order valence-corrected chi connectivity index (χ4v) is 3.16. The Morgan fingerprint density at radius 3 is 2.85 bits per heavy atom. The normalized spacial score (nSPS) is 10.7. The molecule has 0 saturated carbocycles. The van der Waals surface area contributed by atoms with Crippen molar-refractivity contribution in [2.45, 2.75) is 20.3 Å². The van der Waals surface area contributed by atoms with Crippen LogP contribution in [0.25, 0.3) is 10.8 Å². The van der Waals surface area contributed by atoms with E-state index in [4.69, 9.17) is 9.15 Å². The molecule has 0 aliphatic rings. The summed E-state index contributed by atoms with van der Waals surface area (Å²) in [5, 5.41) is 1.97. The van der Waals surface area contributed by atoms with Crippen molar-refractivity contribution in [2.75, 3.05) is 20.2 Å². The zero-order valence-electron chi connectivity index (χ0n) is 15.2. The maximum Gasteiger partial charge on any atom is 0.236 e. The van der Waals surface area contributed by atoms with Gasteiger partial charge in [-0.05, 0) is 43.0 Å². The lowest BCUT2D eigenvalue weighted by Crippen LogP contribution is -2.32. The van der Waals surface area contributed by atoms with E-state index in [1.165, 1.54) is 0 Å². The highest BCUT2D eigenvalue weighted by molar-refractivity contribution is 7.13. The average molecular weight is 370 g/mol. The molecule has 0 radical (unpaired) electrons. The van der Waals surface area contributed by atoms with Crippen molar-refractivity contribution >= 4 is 17.2 Å². The number of carbonyl (C=O) groups is 1. The molecule has 136 valence electrons. The van der Waals surface area contributed by atoms with Crippen molar-refractivity contribution in [3.63, 3.8) is 0 Å². The third-order valence-electron chi connectivity index (χ3n) is 4.05. The monoisotopic (exact) mass is 370 g/mol. The Morgan fingerprint density at radius 2 is 2.12 bits per heavy atom. The van der Waals surface area contributed by atoms with Crippen LogP contribution in [0.4, 0.5) is 0 Å². The number of nitrogens with zero attached hydrogens (tertiary/aromatic N) is 2. The molecule has 26 heavy (non-hydrogen) atoms. The first-order chi connectivity index (χ1) is 12.5. The minimum atomic E-state index is -0.00743. The van der Waals surface area contributed by atoms with E-state index in [-0.39, 0.29) is 12.3 Å². The molecule has 0 atom stereocenters. The Kier molecular flexibility index (Phi) is 5.73. The van der Waals surface area contributed by atoms with Crippen LogP contribution in [-0.4, -0.2) is 36.0 Å². The number of carbonyl (C=O) groups excluding carboxylic acids is 1. The second-order valence-corrected chi connectivity index (χ2v) is 7.10. The summed E-state index contributed by atoms with van der Waals surface area (Å²) in [5.41, 5.74) is 1.83. The SMILES string of the molecule is Cc1cccc(OCCN(C)C(=O)Cc2nc(-c3cccs3)oc2C)c1. The molecular weight excluding hydrogens is 348 g/mol. The Balaban J connectivity index is 1.53. The van der Waals surface area contributed by atoms with Crippen LogP contribution >= 0.6 is 11.3 Å². The van der Waals surface area contributed by atoms with Gasteiger partial charge in [0.15, 0.2) is 0 Å². The first-order valence-electron chi connectivity index (χ1n) is 8.46. The fourth-order valence-electron chi connectivity index (χ4n) is 2.51. The molecule has 1 aromatic carbocycles. The lowest BCUT2D eigenvalue weighted by atomic mass is 10.2. The van der Waals surface area contributed by atoms with Gasteiger partial charge in [0.25, 0.3) is 0 Å². The number of benzene rings is 1. The summed E-state index contributed by atoms with van der Waals surface area (Å²) in [5.74, 6) is 2.07. The van der Waals surface area contributed by atoms with Crippen molar-refractivity contribution in [3.05, 3.63) is 58.8 Å². The van der Waals surface area contributed by atoms with Gasteiger partial charge in [0, 0.05) is 7.05 Å². The van der Waals surface area contributed by atoms with Gasteiger partial charge in [-0.3, -0.25) is 4.79 Å². The number of hydrogen-bond acceptors (Lipinski definition) is 5. The second kappa shape index (κ2) is 8.19. The second-order valence-electron chi connectivity index (χ2n) is 6.16. The molecule has 0 aliphatic carbocycles. The van der Waals surface area contributed by atoms with E-state index in [0.29, 0.717) is 30.5 Å². The number of aryl methyl sites for hydroxylation is 2. The number of aromatic nitrogens is 1. The van der Waals surface area contributed by atoms with Crippen molar-refractivity contribution in [1.29, 1.82) is 0 Å². The minimum Gasteiger partial charge on any atom is -0.492 e. The summed E-state index contributed by atoms with van der Waals surface area (Å²) in [4.78, 5) is 19.6. The van der Waals surface area contributed by atoms with E-state index in [9.17, 15) is 4.79 Å². The molecule has 1 amide bonds. The van der Waals surface area contributed by atoms with Gasteiger partial charge in [-0.2, -0.15) is 0 Å². The lowest BCUT2D eigenvalue weighted by Gasteiger charge is -2.17. The molecule has 0 N–H and O–H groups in total. The average Bonchev–Trinajstić information content (AvgIpc) is 3.25. The van der Waals surface area contributed by atoms with Crippen molar-refractivity contribution in [1.82, 2.24) is 9.88 Å². The lowest BCUT2D eigenvalue weighted by molar-refractivity contribution is -0.129. The van der Waals surface area contributed by atoms with E-state index in [2.05, 4.69) is 4.98 Å². The number of oxazole rings is 1. The Labute approximate surface area is 157 Å². The summed E-state index contributed by atoms with van der Waals surface area (Å²) in [6, 6.07) is 11.8. The molecule has 5 nitrogen and oxygen atoms in total. The van der Waals surface area contributed by atoms with Gasteiger partial charge >= 0.3 is 0 Å². The topological polar surface area (TPSA) is 55.6 Å². The van der Waals surface area contributed by atoms with Gasteiger partial charge < -0.3 is 14.1 Å². The van der Waals surface area contributed by atoms with Gasteiger partial charge in [-0.15, -0.1) is 11.3 Å².